The third-order valence-electron chi connectivity index (χ3n) is 2.63. The molecule has 0 heterocycles. The number of aromatic hydroxyl groups is 1. The van der Waals surface area contributed by atoms with Crippen molar-refractivity contribution in [2.75, 3.05) is 7.11 Å². The molecule has 0 saturated heterocycles. The van der Waals surface area contributed by atoms with Crippen LogP contribution >= 0.6 is 0 Å². The Bertz CT molecular complexity index is 553. The van der Waals surface area contributed by atoms with Crippen molar-refractivity contribution in [3.8, 4) is 5.75 Å². The Morgan fingerprint density at radius 1 is 1.36 bits per heavy atom. The van der Waals surface area contributed by atoms with E-state index in [0.717, 1.165) is 6.07 Å². The Kier molecular flexibility index (Phi) is 5.73. The van der Waals surface area contributed by atoms with E-state index in [0.29, 0.717) is 5.56 Å². The topological polar surface area (TPSA) is 84.9 Å². The smallest absolute Gasteiger partial charge is 0.408 e. The Morgan fingerprint density at radius 2 is 2.00 bits per heavy atom. The van der Waals surface area contributed by atoms with Gasteiger partial charge in [-0.25, -0.2) is 14.0 Å². The summed E-state index contributed by atoms with van der Waals surface area (Å²) in [6, 6.07) is 2.68. The summed E-state index contributed by atoms with van der Waals surface area (Å²) >= 11 is 0. The summed E-state index contributed by atoms with van der Waals surface area (Å²) in [6.07, 6.45) is -0.773. The molecule has 122 valence electrons. The molecular weight excluding hydrogens is 293 g/mol. The number of phenolic OH excluding ortho intramolecular Hbond substituents is 1. The lowest BCUT2D eigenvalue weighted by Gasteiger charge is -2.22. The van der Waals surface area contributed by atoms with Crippen LogP contribution in [0.3, 0.4) is 0 Å². The Hall–Kier alpha value is -2.31. The van der Waals surface area contributed by atoms with Gasteiger partial charge in [-0.15, -0.1) is 0 Å². The highest BCUT2D eigenvalue weighted by Crippen LogP contribution is 2.17. The number of esters is 1. The normalized spacial score (nSPS) is 12.4. The van der Waals surface area contributed by atoms with Crippen LogP contribution in [0.2, 0.25) is 0 Å². The lowest BCUT2D eigenvalue weighted by atomic mass is 10.1. The molecule has 0 fully saturated rings. The zero-order valence-corrected chi connectivity index (χ0v) is 13.0. The predicted molar refractivity (Wildman–Crippen MR) is 76.9 cm³/mol. The largest absolute Gasteiger partial charge is 0.505 e. The lowest BCUT2D eigenvalue weighted by molar-refractivity contribution is -0.143. The Morgan fingerprint density at radius 3 is 2.50 bits per heavy atom. The third-order valence-corrected chi connectivity index (χ3v) is 2.63. The van der Waals surface area contributed by atoms with Crippen molar-refractivity contribution in [2.45, 2.75) is 38.8 Å². The number of carbonyl (C=O) groups is 2. The van der Waals surface area contributed by atoms with E-state index in [1.54, 1.807) is 20.8 Å². The minimum absolute atomic E-state index is 0.00309. The summed E-state index contributed by atoms with van der Waals surface area (Å²) in [6.45, 7) is 5.07. The van der Waals surface area contributed by atoms with E-state index in [4.69, 9.17) is 9.84 Å². The van der Waals surface area contributed by atoms with Gasteiger partial charge in [-0.1, -0.05) is 6.07 Å². The van der Waals surface area contributed by atoms with Gasteiger partial charge in [0.15, 0.2) is 11.6 Å². The molecule has 1 atom stereocenters. The molecule has 0 aliphatic carbocycles. The van der Waals surface area contributed by atoms with Crippen LogP contribution in [0.15, 0.2) is 18.2 Å². The maximum absolute atomic E-state index is 13.3. The fourth-order valence-electron chi connectivity index (χ4n) is 1.70. The van der Waals surface area contributed by atoms with Gasteiger partial charge < -0.3 is 19.9 Å². The van der Waals surface area contributed by atoms with Crippen molar-refractivity contribution in [2.24, 2.45) is 0 Å². The Labute approximate surface area is 128 Å². The number of hydrogen-bond acceptors (Lipinski definition) is 5. The number of halogens is 1. The molecule has 6 nitrogen and oxygen atoms in total. The van der Waals surface area contributed by atoms with Crippen molar-refractivity contribution in [3.63, 3.8) is 0 Å². The van der Waals surface area contributed by atoms with Crippen molar-refractivity contribution < 1.29 is 28.6 Å². The van der Waals surface area contributed by atoms with Gasteiger partial charge in [0.1, 0.15) is 11.6 Å². The van der Waals surface area contributed by atoms with Gasteiger partial charge in [-0.05, 0) is 38.5 Å². The zero-order valence-electron chi connectivity index (χ0n) is 13.0. The SMILES string of the molecule is COC(=O)[C@@H](Cc1ccc(O)c(F)c1)NC(=O)OC(C)(C)C. The number of benzene rings is 1. The summed E-state index contributed by atoms with van der Waals surface area (Å²) in [5, 5.41) is 11.5. The number of methoxy groups -OCH3 is 1. The highest BCUT2D eigenvalue weighted by atomic mass is 19.1. The van der Waals surface area contributed by atoms with Crippen molar-refractivity contribution in [1.82, 2.24) is 5.32 Å². The number of alkyl carbamates (subject to hydrolysis) is 1. The van der Waals surface area contributed by atoms with Gasteiger partial charge in [0.05, 0.1) is 7.11 Å². The first kappa shape index (κ1) is 17.7. The van der Waals surface area contributed by atoms with Gasteiger partial charge in [-0.2, -0.15) is 0 Å². The zero-order chi connectivity index (χ0) is 16.9. The summed E-state index contributed by atoms with van der Waals surface area (Å²) in [7, 11) is 1.18. The van der Waals surface area contributed by atoms with Gasteiger partial charge in [-0.3, -0.25) is 0 Å². The molecular formula is C15H20FNO5. The maximum atomic E-state index is 13.3. The monoisotopic (exact) mass is 313 g/mol. The van der Waals surface area contributed by atoms with Crippen LogP contribution in [-0.2, 0) is 20.7 Å². The van der Waals surface area contributed by atoms with Crippen molar-refractivity contribution in [3.05, 3.63) is 29.6 Å². The highest BCUT2D eigenvalue weighted by molar-refractivity contribution is 5.81. The molecule has 0 aromatic heterocycles. The first-order chi connectivity index (χ1) is 10.1. The second kappa shape index (κ2) is 7.11. The molecule has 0 radical (unpaired) electrons. The summed E-state index contributed by atoms with van der Waals surface area (Å²) in [5.41, 5.74) is -0.295. The molecule has 1 amide bonds. The fraction of sp³-hybridized carbons (Fsp3) is 0.467. The van der Waals surface area contributed by atoms with Crippen LogP contribution in [0.25, 0.3) is 0 Å². The molecule has 0 saturated carbocycles. The number of hydrogen-bond donors (Lipinski definition) is 2. The molecule has 0 spiro atoms. The van der Waals surface area contributed by atoms with Crippen LogP contribution in [0.1, 0.15) is 26.3 Å². The van der Waals surface area contributed by atoms with Crippen LogP contribution in [-0.4, -0.2) is 35.9 Å². The minimum Gasteiger partial charge on any atom is -0.505 e. The van der Waals surface area contributed by atoms with Crippen LogP contribution in [0, 0.1) is 5.82 Å². The lowest BCUT2D eigenvalue weighted by Crippen LogP contribution is -2.45. The second-order valence-corrected chi connectivity index (χ2v) is 5.71. The highest BCUT2D eigenvalue weighted by Gasteiger charge is 2.25. The molecule has 1 rings (SSSR count). The number of rotatable bonds is 4. The van der Waals surface area contributed by atoms with E-state index in [2.05, 4.69) is 10.1 Å². The summed E-state index contributed by atoms with van der Waals surface area (Å²) in [4.78, 5) is 23.5. The van der Waals surface area contributed by atoms with E-state index in [1.165, 1.54) is 19.2 Å². The predicted octanol–water partition coefficient (Wildman–Crippen LogP) is 2.14. The van der Waals surface area contributed by atoms with Crippen LogP contribution in [0.5, 0.6) is 5.75 Å². The molecule has 1 aromatic carbocycles. The third kappa shape index (κ3) is 5.59. The molecule has 0 aliphatic rings. The molecule has 0 unspecified atom stereocenters. The average Bonchev–Trinajstić information content (AvgIpc) is 2.39. The Balaban J connectivity index is 2.82. The number of carbonyl (C=O) groups excluding carboxylic acids is 2. The first-order valence-corrected chi connectivity index (χ1v) is 6.67. The number of nitrogens with one attached hydrogen (secondary N) is 1. The van der Waals surface area contributed by atoms with Crippen LogP contribution < -0.4 is 5.32 Å². The molecule has 0 bridgehead atoms. The molecule has 2 N–H and O–H groups in total. The number of ether oxygens (including phenoxy) is 2. The standard InChI is InChI=1S/C15H20FNO5/c1-15(2,3)22-14(20)17-11(13(19)21-4)8-9-5-6-12(18)10(16)7-9/h5-7,11,18H,8H2,1-4H3,(H,17,20)/t11-/m1/s1. The number of phenols is 1. The maximum Gasteiger partial charge on any atom is 0.408 e. The molecule has 1 aromatic rings. The van der Waals surface area contributed by atoms with E-state index in [-0.39, 0.29) is 6.42 Å². The minimum atomic E-state index is -1.02. The first-order valence-electron chi connectivity index (χ1n) is 6.67. The van der Waals surface area contributed by atoms with Gasteiger partial charge >= 0.3 is 12.1 Å². The second-order valence-electron chi connectivity index (χ2n) is 5.71. The van der Waals surface area contributed by atoms with E-state index < -0.39 is 35.3 Å². The average molecular weight is 313 g/mol. The molecule has 0 aliphatic heterocycles. The van der Waals surface area contributed by atoms with Crippen molar-refractivity contribution >= 4 is 12.1 Å². The quantitative estimate of drug-likeness (QED) is 0.832. The number of amides is 1. The molecule has 22 heavy (non-hydrogen) atoms. The summed E-state index contributed by atoms with van der Waals surface area (Å²) < 4.78 is 23.0. The van der Waals surface area contributed by atoms with Gasteiger partial charge in [0, 0.05) is 6.42 Å². The van der Waals surface area contributed by atoms with Crippen molar-refractivity contribution in [1.29, 1.82) is 0 Å². The van der Waals surface area contributed by atoms with E-state index >= 15 is 0 Å². The van der Waals surface area contributed by atoms with Gasteiger partial charge in [0.25, 0.3) is 0 Å². The van der Waals surface area contributed by atoms with Gasteiger partial charge in [0.2, 0.25) is 0 Å². The van der Waals surface area contributed by atoms with Crippen LogP contribution in [0.4, 0.5) is 9.18 Å². The van der Waals surface area contributed by atoms with E-state index in [9.17, 15) is 14.0 Å². The summed E-state index contributed by atoms with van der Waals surface area (Å²) in [5.74, 6) is -1.98. The van der Waals surface area contributed by atoms with E-state index in [1.807, 2.05) is 0 Å². The molecule has 7 heteroatoms. The fourth-order valence-corrected chi connectivity index (χ4v) is 1.70.